The molecule has 0 bridgehead atoms. The van der Waals surface area contributed by atoms with Crippen molar-refractivity contribution in [1.82, 2.24) is 0 Å². The van der Waals surface area contributed by atoms with Crippen molar-refractivity contribution in [2.24, 2.45) is 0 Å². The number of benzene rings is 1. The van der Waals surface area contributed by atoms with E-state index in [1.807, 2.05) is 19.1 Å². The van der Waals surface area contributed by atoms with Crippen LogP contribution in [0.15, 0.2) is 21.5 Å². The van der Waals surface area contributed by atoms with Crippen LogP contribution in [0.2, 0.25) is 0 Å². The lowest BCUT2D eigenvalue weighted by Crippen LogP contribution is -1.86. The highest BCUT2D eigenvalue weighted by Crippen LogP contribution is 2.29. The third-order valence-electron chi connectivity index (χ3n) is 1.47. The molecule has 0 saturated carbocycles. The molecule has 3 heteroatoms. The summed E-state index contributed by atoms with van der Waals surface area (Å²) < 4.78 is 6.04. The molecule has 0 heterocycles. The molecule has 0 aliphatic rings. The largest absolute Gasteiger partial charge is 0.496 e. The van der Waals surface area contributed by atoms with Gasteiger partial charge in [0.1, 0.15) is 5.75 Å². The van der Waals surface area contributed by atoms with Gasteiger partial charge in [-0.05, 0) is 40.5 Å². The summed E-state index contributed by atoms with van der Waals surface area (Å²) in [7, 11) is 1.65. The number of hydrogen-bond donors (Lipinski definition) is 1. The van der Waals surface area contributed by atoms with Gasteiger partial charge in [-0.1, -0.05) is 0 Å². The van der Waals surface area contributed by atoms with E-state index < -0.39 is 0 Å². The molecule has 0 spiro atoms. The van der Waals surface area contributed by atoms with E-state index in [0.29, 0.717) is 0 Å². The lowest BCUT2D eigenvalue weighted by molar-refractivity contribution is 0.411. The van der Waals surface area contributed by atoms with Gasteiger partial charge >= 0.3 is 0 Å². The maximum atomic E-state index is 5.10. The molecule has 1 aromatic carbocycles. The Bertz CT molecular complexity index is 273. The standard InChI is InChI=1S/C8H9BrOS/c1-5-3-7(10-2)6(9)4-8(5)11/h3-4,11H,1-2H3. The van der Waals surface area contributed by atoms with E-state index in [-0.39, 0.29) is 0 Å². The van der Waals surface area contributed by atoms with E-state index in [2.05, 4.69) is 28.6 Å². The molecule has 0 unspecified atom stereocenters. The Morgan fingerprint density at radius 2 is 2.09 bits per heavy atom. The Morgan fingerprint density at radius 3 is 2.64 bits per heavy atom. The van der Waals surface area contributed by atoms with Crippen LogP contribution in [0.5, 0.6) is 5.75 Å². The number of rotatable bonds is 1. The quantitative estimate of drug-likeness (QED) is 0.733. The smallest absolute Gasteiger partial charge is 0.133 e. The van der Waals surface area contributed by atoms with Gasteiger partial charge in [0.25, 0.3) is 0 Å². The maximum absolute atomic E-state index is 5.10. The second-order valence-electron chi connectivity index (χ2n) is 2.27. The Kier molecular flexibility index (Phi) is 2.84. The average Bonchev–Trinajstić information content (AvgIpc) is 1.97. The number of hydrogen-bond acceptors (Lipinski definition) is 2. The fourth-order valence-corrected chi connectivity index (χ4v) is 1.68. The molecule has 0 radical (unpaired) electrons. The van der Waals surface area contributed by atoms with Crippen LogP contribution >= 0.6 is 28.6 Å². The highest BCUT2D eigenvalue weighted by atomic mass is 79.9. The first-order chi connectivity index (χ1) is 5.15. The Hall–Kier alpha value is -0.150. The van der Waals surface area contributed by atoms with Crippen LogP contribution in [0.3, 0.4) is 0 Å². The predicted octanol–water partition coefficient (Wildman–Crippen LogP) is 3.05. The second-order valence-corrected chi connectivity index (χ2v) is 3.61. The van der Waals surface area contributed by atoms with E-state index >= 15 is 0 Å². The zero-order chi connectivity index (χ0) is 8.43. The van der Waals surface area contributed by atoms with Gasteiger partial charge in [-0.15, -0.1) is 12.6 Å². The van der Waals surface area contributed by atoms with Crippen molar-refractivity contribution in [2.75, 3.05) is 7.11 Å². The topological polar surface area (TPSA) is 9.23 Å². The average molecular weight is 233 g/mol. The van der Waals surface area contributed by atoms with E-state index in [4.69, 9.17) is 4.74 Å². The minimum atomic E-state index is 0.848. The predicted molar refractivity (Wildman–Crippen MR) is 52.7 cm³/mol. The van der Waals surface area contributed by atoms with Gasteiger partial charge in [-0.2, -0.15) is 0 Å². The third kappa shape index (κ3) is 1.91. The molecule has 1 nitrogen and oxygen atoms in total. The van der Waals surface area contributed by atoms with Crippen molar-refractivity contribution in [3.8, 4) is 5.75 Å². The lowest BCUT2D eigenvalue weighted by Gasteiger charge is -2.05. The second kappa shape index (κ2) is 3.50. The molecule has 0 N–H and O–H groups in total. The molecular formula is C8H9BrOS. The van der Waals surface area contributed by atoms with E-state index in [1.54, 1.807) is 7.11 Å². The molecule has 1 rings (SSSR count). The van der Waals surface area contributed by atoms with Gasteiger partial charge in [-0.25, -0.2) is 0 Å². The first-order valence-corrected chi connectivity index (χ1v) is 4.42. The molecule has 0 saturated heterocycles. The summed E-state index contributed by atoms with van der Waals surface area (Å²) in [5.41, 5.74) is 1.12. The minimum absolute atomic E-state index is 0.848. The normalized spacial score (nSPS) is 9.82. The van der Waals surface area contributed by atoms with Crippen LogP contribution < -0.4 is 4.74 Å². The number of ether oxygens (including phenoxy) is 1. The van der Waals surface area contributed by atoms with Crippen LogP contribution in [-0.2, 0) is 0 Å². The highest BCUT2D eigenvalue weighted by molar-refractivity contribution is 9.10. The van der Waals surface area contributed by atoms with Crippen LogP contribution in [-0.4, -0.2) is 7.11 Å². The SMILES string of the molecule is COc1cc(C)c(S)cc1Br. The van der Waals surface area contributed by atoms with Crippen LogP contribution in [0, 0.1) is 6.92 Å². The van der Waals surface area contributed by atoms with Crippen molar-refractivity contribution in [3.05, 3.63) is 22.2 Å². The molecule has 0 aliphatic heterocycles. The highest BCUT2D eigenvalue weighted by Gasteiger charge is 2.01. The van der Waals surface area contributed by atoms with E-state index in [1.165, 1.54) is 0 Å². The first-order valence-electron chi connectivity index (χ1n) is 3.18. The lowest BCUT2D eigenvalue weighted by atomic mass is 10.2. The molecular weight excluding hydrogens is 224 g/mol. The van der Waals surface area contributed by atoms with Crippen molar-refractivity contribution in [2.45, 2.75) is 11.8 Å². The summed E-state index contributed by atoms with van der Waals surface area (Å²) in [6.45, 7) is 2.00. The van der Waals surface area contributed by atoms with Gasteiger partial charge in [0, 0.05) is 4.90 Å². The zero-order valence-corrected chi connectivity index (χ0v) is 8.87. The Balaban J connectivity index is 3.21. The number of methoxy groups -OCH3 is 1. The number of thiol groups is 1. The monoisotopic (exact) mass is 232 g/mol. The van der Waals surface area contributed by atoms with Crippen LogP contribution in [0.25, 0.3) is 0 Å². The van der Waals surface area contributed by atoms with Crippen LogP contribution in [0.4, 0.5) is 0 Å². The molecule has 60 valence electrons. The number of halogens is 1. The molecule has 0 fully saturated rings. The fourth-order valence-electron chi connectivity index (χ4n) is 0.801. The van der Waals surface area contributed by atoms with Crippen molar-refractivity contribution in [1.29, 1.82) is 0 Å². The fraction of sp³-hybridized carbons (Fsp3) is 0.250. The third-order valence-corrected chi connectivity index (χ3v) is 2.57. The molecule has 1 aromatic rings. The zero-order valence-electron chi connectivity index (χ0n) is 6.39. The van der Waals surface area contributed by atoms with Gasteiger partial charge in [0.05, 0.1) is 11.6 Å². The van der Waals surface area contributed by atoms with Crippen molar-refractivity contribution < 1.29 is 4.74 Å². The van der Waals surface area contributed by atoms with E-state index in [0.717, 1.165) is 20.7 Å². The Labute approximate surface area is 80.3 Å². The van der Waals surface area contributed by atoms with Crippen molar-refractivity contribution >= 4 is 28.6 Å². The summed E-state index contributed by atoms with van der Waals surface area (Å²) in [4.78, 5) is 0.970. The summed E-state index contributed by atoms with van der Waals surface area (Å²) in [5.74, 6) is 0.848. The minimum Gasteiger partial charge on any atom is -0.496 e. The molecule has 0 aliphatic carbocycles. The summed E-state index contributed by atoms with van der Waals surface area (Å²) >= 11 is 7.64. The van der Waals surface area contributed by atoms with Gasteiger partial charge < -0.3 is 4.74 Å². The molecule has 11 heavy (non-hydrogen) atoms. The maximum Gasteiger partial charge on any atom is 0.133 e. The summed E-state index contributed by atoms with van der Waals surface area (Å²) in [5, 5.41) is 0. The molecule has 0 amide bonds. The van der Waals surface area contributed by atoms with E-state index in [9.17, 15) is 0 Å². The van der Waals surface area contributed by atoms with Crippen molar-refractivity contribution in [3.63, 3.8) is 0 Å². The summed E-state index contributed by atoms with van der Waals surface area (Å²) in [6, 6.07) is 3.88. The van der Waals surface area contributed by atoms with Gasteiger partial charge in [0.15, 0.2) is 0 Å². The Morgan fingerprint density at radius 1 is 1.45 bits per heavy atom. The van der Waals surface area contributed by atoms with Gasteiger partial charge in [-0.3, -0.25) is 0 Å². The molecule has 0 atom stereocenters. The van der Waals surface area contributed by atoms with Crippen LogP contribution in [0.1, 0.15) is 5.56 Å². The summed E-state index contributed by atoms with van der Waals surface area (Å²) in [6.07, 6.45) is 0. The first kappa shape index (κ1) is 8.94. The number of aryl methyl sites for hydroxylation is 1. The van der Waals surface area contributed by atoms with Gasteiger partial charge in [0.2, 0.25) is 0 Å². The molecule has 0 aromatic heterocycles.